The summed E-state index contributed by atoms with van der Waals surface area (Å²) in [5, 5.41) is 1.05. The molecule has 0 bridgehead atoms. The van der Waals surface area contributed by atoms with E-state index in [9.17, 15) is 4.79 Å². The van der Waals surface area contributed by atoms with Crippen LogP contribution in [0.3, 0.4) is 0 Å². The van der Waals surface area contributed by atoms with Crippen molar-refractivity contribution in [2.45, 2.75) is 25.9 Å². The summed E-state index contributed by atoms with van der Waals surface area (Å²) in [5.74, 6) is 0.797. The lowest BCUT2D eigenvalue weighted by Gasteiger charge is -2.27. The van der Waals surface area contributed by atoms with Gasteiger partial charge in [0.15, 0.2) is 0 Å². The van der Waals surface area contributed by atoms with Crippen LogP contribution in [-0.4, -0.2) is 27.4 Å². The fourth-order valence-corrected chi connectivity index (χ4v) is 3.29. The molecule has 0 unspecified atom stereocenters. The van der Waals surface area contributed by atoms with Gasteiger partial charge in [0.2, 0.25) is 5.91 Å². The SMILES string of the molecule is C[C@H](C(=O)N(C)[C@@H](C)c1cc2ccccc2o1)n1cnc2ccccc21. The van der Waals surface area contributed by atoms with Gasteiger partial charge in [0.25, 0.3) is 0 Å². The van der Waals surface area contributed by atoms with Gasteiger partial charge in [-0.15, -0.1) is 0 Å². The number of para-hydroxylation sites is 3. The molecule has 0 N–H and O–H groups in total. The lowest BCUT2D eigenvalue weighted by molar-refractivity contribution is -0.135. The average molecular weight is 347 g/mol. The van der Waals surface area contributed by atoms with Gasteiger partial charge < -0.3 is 13.9 Å². The predicted molar refractivity (Wildman–Crippen MR) is 102 cm³/mol. The minimum absolute atomic E-state index is 0.0149. The molecule has 4 rings (SSSR count). The largest absolute Gasteiger partial charge is 0.459 e. The monoisotopic (exact) mass is 347 g/mol. The summed E-state index contributed by atoms with van der Waals surface area (Å²) in [4.78, 5) is 19.2. The van der Waals surface area contributed by atoms with E-state index in [0.29, 0.717) is 0 Å². The molecule has 0 aliphatic heterocycles. The number of carbonyl (C=O) groups is 1. The molecular weight excluding hydrogens is 326 g/mol. The van der Waals surface area contributed by atoms with Gasteiger partial charge in [-0.3, -0.25) is 4.79 Å². The molecular formula is C21H21N3O2. The number of fused-ring (bicyclic) bond motifs is 2. The van der Waals surface area contributed by atoms with E-state index in [1.54, 1.807) is 11.2 Å². The fraction of sp³-hybridized carbons (Fsp3) is 0.238. The van der Waals surface area contributed by atoms with E-state index < -0.39 is 0 Å². The van der Waals surface area contributed by atoms with Gasteiger partial charge in [-0.1, -0.05) is 30.3 Å². The third-order valence-electron chi connectivity index (χ3n) is 5.04. The smallest absolute Gasteiger partial charge is 0.245 e. The summed E-state index contributed by atoms with van der Waals surface area (Å²) in [6.45, 7) is 3.88. The van der Waals surface area contributed by atoms with E-state index in [1.165, 1.54) is 0 Å². The van der Waals surface area contributed by atoms with Crippen molar-refractivity contribution in [3.8, 4) is 0 Å². The Morgan fingerprint density at radius 1 is 1.12 bits per heavy atom. The predicted octanol–water partition coefficient (Wildman–Crippen LogP) is 4.56. The number of nitrogens with zero attached hydrogens (tertiary/aromatic N) is 3. The summed E-state index contributed by atoms with van der Waals surface area (Å²) >= 11 is 0. The quantitative estimate of drug-likeness (QED) is 0.544. The summed E-state index contributed by atoms with van der Waals surface area (Å²) in [6.07, 6.45) is 1.73. The zero-order chi connectivity index (χ0) is 18.3. The molecule has 0 aliphatic rings. The number of likely N-dealkylation sites (N-methyl/N-ethyl adjacent to an activating group) is 1. The molecule has 2 aromatic heterocycles. The fourth-order valence-electron chi connectivity index (χ4n) is 3.29. The van der Waals surface area contributed by atoms with Crippen LogP contribution in [0.15, 0.2) is 65.3 Å². The van der Waals surface area contributed by atoms with Crippen LogP contribution in [0.2, 0.25) is 0 Å². The lowest BCUT2D eigenvalue weighted by Crippen LogP contribution is -2.34. The van der Waals surface area contributed by atoms with Crippen molar-refractivity contribution in [3.05, 3.63) is 66.7 Å². The van der Waals surface area contributed by atoms with Crippen LogP contribution >= 0.6 is 0 Å². The Morgan fingerprint density at radius 2 is 1.85 bits per heavy atom. The Bertz CT molecular complexity index is 1050. The molecule has 0 spiro atoms. The van der Waals surface area contributed by atoms with Crippen LogP contribution in [0.1, 0.15) is 31.7 Å². The van der Waals surface area contributed by atoms with Crippen LogP contribution < -0.4 is 0 Å². The molecule has 0 aliphatic carbocycles. The number of rotatable bonds is 4. The van der Waals surface area contributed by atoms with Crippen molar-refractivity contribution >= 4 is 27.9 Å². The topological polar surface area (TPSA) is 51.3 Å². The van der Waals surface area contributed by atoms with Crippen LogP contribution in [0, 0.1) is 0 Å². The van der Waals surface area contributed by atoms with Gasteiger partial charge in [0, 0.05) is 12.4 Å². The van der Waals surface area contributed by atoms with E-state index >= 15 is 0 Å². The second-order valence-electron chi connectivity index (χ2n) is 6.63. The van der Waals surface area contributed by atoms with Crippen molar-refractivity contribution in [1.82, 2.24) is 14.5 Å². The van der Waals surface area contributed by atoms with E-state index in [-0.39, 0.29) is 18.0 Å². The molecule has 0 saturated carbocycles. The normalized spacial score (nSPS) is 13.8. The summed E-state index contributed by atoms with van der Waals surface area (Å²) in [7, 11) is 1.82. The van der Waals surface area contributed by atoms with Crippen LogP contribution in [0.25, 0.3) is 22.0 Å². The van der Waals surface area contributed by atoms with E-state index in [2.05, 4.69) is 4.98 Å². The second kappa shape index (κ2) is 6.33. The first-order valence-electron chi connectivity index (χ1n) is 8.73. The van der Waals surface area contributed by atoms with Gasteiger partial charge >= 0.3 is 0 Å². The third-order valence-corrected chi connectivity index (χ3v) is 5.04. The van der Waals surface area contributed by atoms with Gasteiger partial charge in [-0.05, 0) is 38.1 Å². The highest BCUT2D eigenvalue weighted by Crippen LogP contribution is 2.28. The zero-order valence-corrected chi connectivity index (χ0v) is 15.1. The third kappa shape index (κ3) is 2.65. The van der Waals surface area contributed by atoms with Crippen molar-refractivity contribution < 1.29 is 9.21 Å². The number of hydrogen-bond donors (Lipinski definition) is 0. The number of amides is 1. The summed E-state index contributed by atoms with van der Waals surface area (Å²) < 4.78 is 7.84. The van der Waals surface area contributed by atoms with E-state index in [1.807, 2.05) is 80.1 Å². The number of aromatic nitrogens is 2. The molecule has 0 fully saturated rings. The Balaban J connectivity index is 1.60. The molecule has 0 saturated heterocycles. The first kappa shape index (κ1) is 16.4. The Hall–Kier alpha value is -3.08. The maximum atomic E-state index is 13.1. The molecule has 2 heterocycles. The Kier molecular flexibility index (Phi) is 3.99. The van der Waals surface area contributed by atoms with Crippen molar-refractivity contribution in [3.63, 3.8) is 0 Å². The molecule has 2 atom stereocenters. The van der Waals surface area contributed by atoms with E-state index in [4.69, 9.17) is 4.42 Å². The van der Waals surface area contributed by atoms with Crippen LogP contribution in [-0.2, 0) is 4.79 Å². The maximum Gasteiger partial charge on any atom is 0.245 e. The highest BCUT2D eigenvalue weighted by Gasteiger charge is 2.26. The number of furan rings is 1. The van der Waals surface area contributed by atoms with Crippen molar-refractivity contribution in [2.75, 3.05) is 7.05 Å². The second-order valence-corrected chi connectivity index (χ2v) is 6.63. The van der Waals surface area contributed by atoms with Gasteiger partial charge in [-0.2, -0.15) is 0 Å². The molecule has 5 heteroatoms. The number of carbonyl (C=O) groups excluding carboxylic acids is 1. The zero-order valence-electron chi connectivity index (χ0n) is 15.1. The molecule has 132 valence electrons. The molecule has 5 nitrogen and oxygen atoms in total. The molecule has 2 aromatic carbocycles. The first-order chi connectivity index (χ1) is 12.6. The summed E-state index contributed by atoms with van der Waals surface area (Å²) in [5.41, 5.74) is 2.68. The minimum atomic E-state index is -0.348. The summed E-state index contributed by atoms with van der Waals surface area (Å²) in [6, 6.07) is 17.2. The van der Waals surface area contributed by atoms with Crippen molar-refractivity contribution in [1.29, 1.82) is 0 Å². The molecule has 1 amide bonds. The minimum Gasteiger partial charge on any atom is -0.459 e. The van der Waals surface area contributed by atoms with Gasteiger partial charge in [-0.25, -0.2) is 4.98 Å². The molecule has 0 radical (unpaired) electrons. The number of imidazole rings is 1. The number of hydrogen-bond acceptors (Lipinski definition) is 3. The first-order valence-corrected chi connectivity index (χ1v) is 8.73. The van der Waals surface area contributed by atoms with Crippen LogP contribution in [0.4, 0.5) is 0 Å². The lowest BCUT2D eigenvalue weighted by atomic mass is 10.1. The van der Waals surface area contributed by atoms with Gasteiger partial charge in [0.1, 0.15) is 17.4 Å². The average Bonchev–Trinajstić information content (AvgIpc) is 3.29. The maximum absolute atomic E-state index is 13.1. The highest BCUT2D eigenvalue weighted by atomic mass is 16.3. The number of benzene rings is 2. The van der Waals surface area contributed by atoms with Crippen molar-refractivity contribution in [2.24, 2.45) is 0 Å². The molecule has 4 aromatic rings. The highest BCUT2D eigenvalue weighted by molar-refractivity contribution is 5.84. The van der Waals surface area contributed by atoms with Gasteiger partial charge in [0.05, 0.1) is 23.4 Å². The Morgan fingerprint density at radius 3 is 2.65 bits per heavy atom. The molecule has 26 heavy (non-hydrogen) atoms. The standard InChI is InChI=1S/C21H21N3O2/c1-14(20-12-16-8-4-7-11-19(16)26-20)23(3)21(25)15(2)24-13-22-17-9-5-6-10-18(17)24/h4-15H,1-3H3/t14-,15+/m0/s1. The van der Waals surface area contributed by atoms with E-state index in [0.717, 1.165) is 27.8 Å². The Labute approximate surface area is 151 Å². The van der Waals surface area contributed by atoms with Crippen LogP contribution in [0.5, 0.6) is 0 Å².